The molecule has 0 saturated carbocycles. The van der Waals surface area contributed by atoms with E-state index in [0.29, 0.717) is 0 Å². The van der Waals surface area contributed by atoms with Gasteiger partial charge in [0.15, 0.2) is 17.3 Å². The van der Waals surface area contributed by atoms with Crippen molar-refractivity contribution in [1.29, 1.82) is 0 Å². The first kappa shape index (κ1) is 8.71. The van der Waals surface area contributed by atoms with Crippen LogP contribution in [0.2, 0.25) is 0 Å². The monoisotopic (exact) mass is 168 g/mol. The Morgan fingerprint density at radius 3 is 2.75 bits per heavy atom. The number of rotatable bonds is 3. The highest BCUT2D eigenvalue weighted by Crippen LogP contribution is 2.14. The van der Waals surface area contributed by atoms with Crippen molar-refractivity contribution in [3.05, 3.63) is 30.1 Å². The number of benzene rings is 1. The van der Waals surface area contributed by atoms with Crippen molar-refractivity contribution < 1.29 is 13.9 Å². The Morgan fingerprint density at radius 2 is 2.17 bits per heavy atom. The number of hydrogen-bond donors (Lipinski definition) is 0. The maximum absolute atomic E-state index is 12.8. The number of para-hydroxylation sites is 1. The molecule has 0 radical (unpaired) electrons. The third-order valence-corrected chi connectivity index (χ3v) is 1.27. The summed E-state index contributed by atoms with van der Waals surface area (Å²) < 4.78 is 17.7. The molecule has 64 valence electrons. The number of carbonyl (C=O) groups excluding carboxylic acids is 1. The van der Waals surface area contributed by atoms with Crippen LogP contribution in [-0.4, -0.2) is 12.4 Å². The molecule has 0 aromatic heterocycles. The molecule has 0 aliphatic carbocycles. The third-order valence-electron chi connectivity index (χ3n) is 1.27. The number of ether oxygens (including phenoxy) is 1. The average molecular weight is 168 g/mol. The van der Waals surface area contributed by atoms with Crippen LogP contribution < -0.4 is 4.74 Å². The number of ketones is 1. The summed E-state index contributed by atoms with van der Waals surface area (Å²) in [5.41, 5.74) is 0. The summed E-state index contributed by atoms with van der Waals surface area (Å²) in [5.74, 6) is -0.454. The van der Waals surface area contributed by atoms with Crippen molar-refractivity contribution in [3.8, 4) is 5.75 Å². The summed E-state index contributed by atoms with van der Waals surface area (Å²) >= 11 is 0. The van der Waals surface area contributed by atoms with Crippen LogP contribution in [0, 0.1) is 5.82 Å². The first-order valence-corrected chi connectivity index (χ1v) is 3.57. The molecule has 1 rings (SSSR count). The summed E-state index contributed by atoms with van der Waals surface area (Å²) in [6, 6.07) is 5.99. The lowest BCUT2D eigenvalue weighted by atomic mass is 10.3. The highest BCUT2D eigenvalue weighted by Gasteiger charge is 2.01. The van der Waals surface area contributed by atoms with E-state index in [1.807, 2.05) is 0 Å². The second-order valence-electron chi connectivity index (χ2n) is 2.42. The predicted octanol–water partition coefficient (Wildman–Crippen LogP) is 1.79. The van der Waals surface area contributed by atoms with E-state index >= 15 is 0 Å². The number of halogens is 1. The fraction of sp³-hybridized carbons (Fsp3) is 0.222. The molecule has 0 aliphatic heterocycles. The summed E-state index contributed by atoms with van der Waals surface area (Å²) in [5, 5.41) is 0. The van der Waals surface area contributed by atoms with Gasteiger partial charge in [0.2, 0.25) is 0 Å². The van der Waals surface area contributed by atoms with E-state index < -0.39 is 5.82 Å². The molecular formula is C9H9FO2. The van der Waals surface area contributed by atoms with E-state index in [-0.39, 0.29) is 18.1 Å². The minimum absolute atomic E-state index is 0.0824. The van der Waals surface area contributed by atoms with Crippen LogP contribution in [0.1, 0.15) is 6.92 Å². The lowest BCUT2D eigenvalue weighted by Crippen LogP contribution is -2.07. The lowest BCUT2D eigenvalue weighted by molar-refractivity contribution is -0.118. The molecule has 1 aromatic carbocycles. The zero-order valence-electron chi connectivity index (χ0n) is 6.71. The fourth-order valence-electron chi connectivity index (χ4n) is 0.741. The minimum Gasteiger partial charge on any atom is -0.483 e. The molecule has 0 aliphatic rings. The Labute approximate surface area is 70.0 Å². The zero-order chi connectivity index (χ0) is 8.97. The average Bonchev–Trinajstić information content (AvgIpc) is 2.03. The van der Waals surface area contributed by atoms with Gasteiger partial charge in [-0.15, -0.1) is 0 Å². The molecule has 12 heavy (non-hydrogen) atoms. The van der Waals surface area contributed by atoms with Gasteiger partial charge in [0.25, 0.3) is 0 Å². The second kappa shape index (κ2) is 3.85. The Balaban J connectivity index is 2.63. The summed E-state index contributed by atoms with van der Waals surface area (Å²) in [6.07, 6.45) is 0. The van der Waals surface area contributed by atoms with Gasteiger partial charge in [0.1, 0.15) is 6.61 Å². The minimum atomic E-state index is -0.446. The maximum atomic E-state index is 12.8. The van der Waals surface area contributed by atoms with E-state index in [4.69, 9.17) is 4.74 Å². The van der Waals surface area contributed by atoms with Gasteiger partial charge in [-0.1, -0.05) is 12.1 Å². The van der Waals surface area contributed by atoms with Gasteiger partial charge in [-0.3, -0.25) is 4.79 Å². The number of Topliss-reactive ketones (excluding diaryl/α,β-unsaturated/α-hetero) is 1. The van der Waals surface area contributed by atoms with Gasteiger partial charge in [-0.05, 0) is 19.1 Å². The van der Waals surface area contributed by atoms with Crippen LogP contribution in [0.25, 0.3) is 0 Å². The van der Waals surface area contributed by atoms with Crippen molar-refractivity contribution in [3.63, 3.8) is 0 Å². The predicted molar refractivity (Wildman–Crippen MR) is 42.6 cm³/mol. The van der Waals surface area contributed by atoms with Crippen molar-refractivity contribution in [2.75, 3.05) is 6.61 Å². The quantitative estimate of drug-likeness (QED) is 0.687. The largest absolute Gasteiger partial charge is 0.483 e. The van der Waals surface area contributed by atoms with Crippen molar-refractivity contribution in [2.24, 2.45) is 0 Å². The van der Waals surface area contributed by atoms with E-state index in [9.17, 15) is 9.18 Å². The summed E-state index contributed by atoms with van der Waals surface area (Å²) in [6.45, 7) is 1.31. The van der Waals surface area contributed by atoms with Crippen LogP contribution in [-0.2, 0) is 4.79 Å². The molecule has 0 spiro atoms. The molecule has 0 amide bonds. The third kappa shape index (κ3) is 2.34. The molecule has 0 atom stereocenters. The van der Waals surface area contributed by atoms with Gasteiger partial charge in [0, 0.05) is 0 Å². The van der Waals surface area contributed by atoms with Gasteiger partial charge in [0.05, 0.1) is 0 Å². The number of carbonyl (C=O) groups is 1. The topological polar surface area (TPSA) is 26.3 Å². The van der Waals surface area contributed by atoms with Crippen LogP contribution >= 0.6 is 0 Å². The van der Waals surface area contributed by atoms with Crippen molar-refractivity contribution >= 4 is 5.78 Å². The first-order valence-electron chi connectivity index (χ1n) is 3.57. The Morgan fingerprint density at radius 1 is 1.50 bits per heavy atom. The fourth-order valence-corrected chi connectivity index (χ4v) is 0.741. The highest BCUT2D eigenvalue weighted by molar-refractivity contribution is 5.77. The Kier molecular flexibility index (Phi) is 2.80. The van der Waals surface area contributed by atoms with Gasteiger partial charge >= 0.3 is 0 Å². The molecule has 0 fully saturated rings. The van der Waals surface area contributed by atoms with E-state index in [2.05, 4.69) is 0 Å². The molecule has 0 bridgehead atoms. The molecule has 0 unspecified atom stereocenters. The number of hydrogen-bond acceptors (Lipinski definition) is 2. The Hall–Kier alpha value is -1.38. The smallest absolute Gasteiger partial charge is 0.167 e. The summed E-state index contributed by atoms with van der Waals surface area (Å²) in [7, 11) is 0. The molecular weight excluding hydrogens is 159 g/mol. The Bertz CT molecular complexity index is 284. The van der Waals surface area contributed by atoms with Crippen LogP contribution in [0.3, 0.4) is 0 Å². The van der Waals surface area contributed by atoms with Crippen LogP contribution in [0.5, 0.6) is 5.75 Å². The summed E-state index contributed by atoms with van der Waals surface area (Å²) in [4.78, 5) is 10.5. The van der Waals surface area contributed by atoms with Crippen molar-refractivity contribution in [2.45, 2.75) is 6.92 Å². The maximum Gasteiger partial charge on any atom is 0.167 e. The first-order chi connectivity index (χ1) is 5.70. The highest BCUT2D eigenvalue weighted by atomic mass is 19.1. The van der Waals surface area contributed by atoms with E-state index in [0.717, 1.165) is 0 Å². The molecule has 3 heteroatoms. The SMILES string of the molecule is CC(=O)COc1ccccc1F. The molecule has 0 N–H and O–H groups in total. The molecule has 2 nitrogen and oxygen atoms in total. The zero-order valence-corrected chi connectivity index (χ0v) is 6.71. The lowest BCUT2D eigenvalue weighted by Gasteiger charge is -2.03. The van der Waals surface area contributed by atoms with E-state index in [1.165, 1.54) is 19.1 Å². The normalized spacial score (nSPS) is 9.50. The van der Waals surface area contributed by atoms with Crippen LogP contribution in [0.15, 0.2) is 24.3 Å². The van der Waals surface area contributed by atoms with Gasteiger partial charge in [-0.2, -0.15) is 0 Å². The van der Waals surface area contributed by atoms with Gasteiger partial charge < -0.3 is 4.74 Å². The molecule has 0 heterocycles. The van der Waals surface area contributed by atoms with Crippen molar-refractivity contribution in [1.82, 2.24) is 0 Å². The van der Waals surface area contributed by atoms with Gasteiger partial charge in [-0.25, -0.2) is 4.39 Å². The molecule has 1 aromatic rings. The van der Waals surface area contributed by atoms with E-state index in [1.54, 1.807) is 12.1 Å². The van der Waals surface area contributed by atoms with Crippen LogP contribution in [0.4, 0.5) is 4.39 Å². The standard InChI is InChI=1S/C9H9FO2/c1-7(11)6-12-9-5-3-2-4-8(9)10/h2-5H,6H2,1H3. The second-order valence-corrected chi connectivity index (χ2v) is 2.42. The molecule has 0 saturated heterocycles.